The average molecular weight is 226 g/mol. The van der Waals surface area contributed by atoms with Crippen molar-refractivity contribution < 1.29 is 15.0 Å². The molecule has 1 heterocycles. The van der Waals surface area contributed by atoms with Crippen LogP contribution in [0.1, 0.15) is 10.4 Å². The van der Waals surface area contributed by atoms with E-state index in [4.69, 9.17) is 5.11 Å². The molecular formula is C10H8ClNO3. The number of phenols is 1. The van der Waals surface area contributed by atoms with Gasteiger partial charge in [-0.3, -0.25) is 4.98 Å². The second kappa shape index (κ2) is 4.14. The molecule has 0 unspecified atom stereocenters. The van der Waals surface area contributed by atoms with Crippen LogP contribution in [-0.4, -0.2) is 21.2 Å². The highest BCUT2D eigenvalue weighted by molar-refractivity contribution is 5.93. The van der Waals surface area contributed by atoms with Gasteiger partial charge in [0, 0.05) is 11.6 Å². The fourth-order valence-corrected chi connectivity index (χ4v) is 1.26. The van der Waals surface area contributed by atoms with Crippen LogP contribution in [0.3, 0.4) is 0 Å². The number of aromatic hydroxyl groups is 1. The lowest BCUT2D eigenvalue weighted by Crippen LogP contribution is -1.96. The van der Waals surface area contributed by atoms with E-state index in [0.717, 1.165) is 0 Å². The fraction of sp³-hybridized carbons (Fsp3) is 0. The summed E-state index contributed by atoms with van der Waals surface area (Å²) in [6, 6.07) is 6.33. The molecule has 0 spiro atoms. The molecular weight excluding hydrogens is 218 g/mol. The van der Waals surface area contributed by atoms with Gasteiger partial charge in [0.1, 0.15) is 11.3 Å². The van der Waals surface area contributed by atoms with Crippen LogP contribution in [0, 0.1) is 0 Å². The number of aromatic nitrogens is 1. The van der Waals surface area contributed by atoms with Crippen molar-refractivity contribution in [3.8, 4) is 5.75 Å². The average Bonchev–Trinajstić information content (AvgIpc) is 2.17. The number of phenolic OH excluding ortho intramolecular Hbond substituents is 1. The van der Waals surface area contributed by atoms with E-state index in [1.54, 1.807) is 12.1 Å². The van der Waals surface area contributed by atoms with E-state index >= 15 is 0 Å². The monoisotopic (exact) mass is 225 g/mol. The van der Waals surface area contributed by atoms with Crippen molar-refractivity contribution in [2.75, 3.05) is 0 Å². The van der Waals surface area contributed by atoms with Crippen molar-refractivity contribution in [2.45, 2.75) is 0 Å². The molecule has 15 heavy (non-hydrogen) atoms. The lowest BCUT2D eigenvalue weighted by molar-refractivity contribution is 0.0696. The Morgan fingerprint density at radius 1 is 1.33 bits per heavy atom. The number of aromatic carboxylic acids is 1. The topological polar surface area (TPSA) is 70.4 Å². The van der Waals surface area contributed by atoms with Gasteiger partial charge in [-0.2, -0.15) is 0 Å². The number of pyridine rings is 1. The second-order valence-corrected chi connectivity index (χ2v) is 2.88. The number of hydrogen-bond acceptors (Lipinski definition) is 3. The molecule has 2 rings (SSSR count). The molecule has 78 valence electrons. The van der Waals surface area contributed by atoms with E-state index in [2.05, 4.69) is 4.98 Å². The second-order valence-electron chi connectivity index (χ2n) is 2.88. The Hall–Kier alpha value is -1.81. The molecule has 0 radical (unpaired) electrons. The molecule has 0 aliphatic carbocycles. The number of fused-ring (bicyclic) bond motifs is 1. The third-order valence-corrected chi connectivity index (χ3v) is 1.94. The van der Waals surface area contributed by atoms with E-state index < -0.39 is 5.97 Å². The highest BCUT2D eigenvalue weighted by Crippen LogP contribution is 2.22. The molecule has 2 N–H and O–H groups in total. The molecule has 1 aromatic heterocycles. The van der Waals surface area contributed by atoms with Crippen molar-refractivity contribution in [3.63, 3.8) is 0 Å². The van der Waals surface area contributed by atoms with E-state index in [1.165, 1.54) is 18.3 Å². The van der Waals surface area contributed by atoms with Gasteiger partial charge in [-0.1, -0.05) is 12.1 Å². The normalized spacial score (nSPS) is 9.60. The highest BCUT2D eigenvalue weighted by Gasteiger charge is 2.06. The van der Waals surface area contributed by atoms with Gasteiger partial charge in [-0.25, -0.2) is 4.79 Å². The molecule has 0 atom stereocenters. The van der Waals surface area contributed by atoms with Crippen LogP contribution in [-0.2, 0) is 0 Å². The summed E-state index contributed by atoms with van der Waals surface area (Å²) in [5, 5.41) is 18.7. The van der Waals surface area contributed by atoms with Gasteiger partial charge in [0.05, 0.1) is 5.56 Å². The maximum Gasteiger partial charge on any atom is 0.337 e. The lowest BCUT2D eigenvalue weighted by atomic mass is 10.1. The minimum Gasteiger partial charge on any atom is -0.506 e. The first-order valence-electron chi connectivity index (χ1n) is 3.99. The molecule has 5 heteroatoms. The molecule has 0 amide bonds. The smallest absolute Gasteiger partial charge is 0.337 e. The van der Waals surface area contributed by atoms with Gasteiger partial charge in [-0.05, 0) is 12.1 Å². The number of rotatable bonds is 1. The summed E-state index contributed by atoms with van der Waals surface area (Å²) in [5.74, 6) is -0.970. The predicted molar refractivity (Wildman–Crippen MR) is 57.6 cm³/mol. The maximum absolute atomic E-state index is 10.6. The van der Waals surface area contributed by atoms with Crippen LogP contribution in [0.15, 0.2) is 30.5 Å². The summed E-state index contributed by atoms with van der Waals surface area (Å²) in [6.45, 7) is 0. The summed E-state index contributed by atoms with van der Waals surface area (Å²) >= 11 is 0. The summed E-state index contributed by atoms with van der Waals surface area (Å²) < 4.78 is 0. The number of carboxylic acid groups (broad SMARTS) is 1. The standard InChI is InChI=1S/C10H7NO3.ClH/c12-8-3-1-2-6-4-7(10(13)14)5-11-9(6)8;/h1-5,12H,(H,13,14);1H. The van der Waals surface area contributed by atoms with Gasteiger partial charge >= 0.3 is 5.97 Å². The molecule has 0 aliphatic heterocycles. The molecule has 0 saturated carbocycles. The van der Waals surface area contributed by atoms with Gasteiger partial charge in [0.2, 0.25) is 0 Å². The van der Waals surface area contributed by atoms with E-state index in [0.29, 0.717) is 10.9 Å². The summed E-state index contributed by atoms with van der Waals surface area (Å²) in [7, 11) is 0. The Bertz CT molecular complexity index is 513. The first kappa shape index (κ1) is 11.3. The fourth-order valence-electron chi connectivity index (χ4n) is 1.26. The van der Waals surface area contributed by atoms with Crippen molar-refractivity contribution in [3.05, 3.63) is 36.0 Å². The SMILES string of the molecule is Cl.O=C(O)c1cnc2c(O)cccc2c1. The van der Waals surface area contributed by atoms with Crippen LogP contribution in [0.2, 0.25) is 0 Å². The zero-order valence-corrected chi connectivity index (χ0v) is 8.36. The lowest BCUT2D eigenvalue weighted by Gasteiger charge is -2.00. The summed E-state index contributed by atoms with van der Waals surface area (Å²) in [4.78, 5) is 14.5. The molecule has 2 aromatic rings. The van der Waals surface area contributed by atoms with Crippen LogP contribution < -0.4 is 0 Å². The van der Waals surface area contributed by atoms with Gasteiger partial charge < -0.3 is 10.2 Å². The largest absolute Gasteiger partial charge is 0.506 e. The number of nitrogens with zero attached hydrogens (tertiary/aromatic N) is 1. The van der Waals surface area contributed by atoms with Crippen molar-refractivity contribution >= 4 is 29.3 Å². The molecule has 0 fully saturated rings. The van der Waals surface area contributed by atoms with E-state index in [-0.39, 0.29) is 23.7 Å². The number of halogens is 1. The van der Waals surface area contributed by atoms with Crippen LogP contribution in [0.4, 0.5) is 0 Å². The van der Waals surface area contributed by atoms with Crippen molar-refractivity contribution in [1.82, 2.24) is 4.98 Å². The minimum absolute atomic E-state index is 0. The predicted octanol–water partition coefficient (Wildman–Crippen LogP) is 2.06. The van der Waals surface area contributed by atoms with Crippen LogP contribution >= 0.6 is 12.4 Å². The number of benzene rings is 1. The Labute approximate surface area is 91.6 Å². The number of para-hydroxylation sites is 1. The quantitative estimate of drug-likeness (QED) is 0.779. The van der Waals surface area contributed by atoms with Gasteiger partial charge in [0.25, 0.3) is 0 Å². The summed E-state index contributed by atoms with van der Waals surface area (Å²) in [6.07, 6.45) is 1.23. The van der Waals surface area contributed by atoms with E-state index in [9.17, 15) is 9.90 Å². The Morgan fingerprint density at radius 2 is 2.07 bits per heavy atom. The Kier molecular flexibility index (Phi) is 3.11. The Balaban J connectivity index is 0.00000112. The molecule has 0 aliphatic rings. The molecule has 1 aromatic carbocycles. The minimum atomic E-state index is -1.03. The van der Waals surface area contributed by atoms with Gasteiger partial charge in [-0.15, -0.1) is 12.4 Å². The molecule has 0 saturated heterocycles. The zero-order valence-electron chi connectivity index (χ0n) is 7.54. The van der Waals surface area contributed by atoms with Crippen molar-refractivity contribution in [1.29, 1.82) is 0 Å². The van der Waals surface area contributed by atoms with Crippen LogP contribution in [0.25, 0.3) is 10.9 Å². The number of hydrogen-bond donors (Lipinski definition) is 2. The Morgan fingerprint density at radius 3 is 2.73 bits per heavy atom. The highest BCUT2D eigenvalue weighted by atomic mass is 35.5. The zero-order chi connectivity index (χ0) is 10.1. The molecule has 4 nitrogen and oxygen atoms in total. The van der Waals surface area contributed by atoms with Gasteiger partial charge in [0.15, 0.2) is 0 Å². The number of carbonyl (C=O) groups is 1. The van der Waals surface area contributed by atoms with Crippen LogP contribution in [0.5, 0.6) is 5.75 Å². The van der Waals surface area contributed by atoms with E-state index in [1.807, 2.05) is 0 Å². The first-order chi connectivity index (χ1) is 6.68. The first-order valence-corrected chi connectivity index (χ1v) is 3.99. The summed E-state index contributed by atoms with van der Waals surface area (Å²) in [5.41, 5.74) is 0.528. The molecule has 0 bridgehead atoms. The maximum atomic E-state index is 10.6. The third kappa shape index (κ3) is 1.99. The van der Waals surface area contributed by atoms with Crippen molar-refractivity contribution in [2.24, 2.45) is 0 Å². The third-order valence-electron chi connectivity index (χ3n) is 1.94. The number of carboxylic acids is 1.